The molecular weight excluding hydrogens is 366 g/mol. The highest BCUT2D eigenvalue weighted by molar-refractivity contribution is 5.76. The summed E-state index contributed by atoms with van der Waals surface area (Å²) >= 11 is 0. The van der Waals surface area contributed by atoms with Crippen molar-refractivity contribution in [3.05, 3.63) is 82.9 Å². The van der Waals surface area contributed by atoms with E-state index in [4.69, 9.17) is 0 Å². The zero-order chi connectivity index (χ0) is 20.1. The summed E-state index contributed by atoms with van der Waals surface area (Å²) < 4.78 is 1.24. The Morgan fingerprint density at radius 2 is 1.62 bits per heavy atom. The molecule has 1 amide bonds. The molecule has 1 saturated heterocycles. The molecule has 1 aliphatic heterocycles. The molecule has 4 rings (SSSR count). The number of aromatic nitrogens is 3. The highest BCUT2D eigenvalue weighted by Gasteiger charge is 2.22. The minimum atomic E-state index is -0.279. The summed E-state index contributed by atoms with van der Waals surface area (Å²) in [4.78, 5) is 33.1. The van der Waals surface area contributed by atoms with Crippen LogP contribution in [0.15, 0.2) is 71.8 Å². The van der Waals surface area contributed by atoms with E-state index < -0.39 is 0 Å². The first-order valence-corrected chi connectivity index (χ1v) is 9.72. The van der Waals surface area contributed by atoms with Gasteiger partial charge in [-0.2, -0.15) is 5.10 Å². The summed E-state index contributed by atoms with van der Waals surface area (Å²) in [5.41, 5.74) is 2.50. The van der Waals surface area contributed by atoms with Gasteiger partial charge < -0.3 is 4.90 Å². The lowest BCUT2D eigenvalue weighted by atomic mass is 10.2. The molecule has 0 atom stereocenters. The van der Waals surface area contributed by atoms with E-state index in [0.717, 1.165) is 25.2 Å². The number of rotatable bonds is 5. The van der Waals surface area contributed by atoms with Crippen molar-refractivity contribution in [2.24, 2.45) is 0 Å². The lowest BCUT2D eigenvalue weighted by Crippen LogP contribution is -2.49. The maximum atomic E-state index is 12.7. The number of pyridine rings is 1. The quantitative estimate of drug-likeness (QED) is 0.664. The zero-order valence-corrected chi connectivity index (χ0v) is 16.1. The summed E-state index contributed by atoms with van der Waals surface area (Å²) in [5, 5.41) is 4.37. The van der Waals surface area contributed by atoms with Gasteiger partial charge in [0.15, 0.2) is 0 Å². The van der Waals surface area contributed by atoms with Gasteiger partial charge >= 0.3 is 0 Å². The molecule has 7 heteroatoms. The molecule has 0 aliphatic carbocycles. The molecule has 0 unspecified atom stereocenters. The third-order valence-electron chi connectivity index (χ3n) is 5.10. The normalized spacial score (nSPS) is 14.7. The van der Waals surface area contributed by atoms with Crippen molar-refractivity contribution >= 4 is 5.91 Å². The number of carbonyl (C=O) groups is 1. The summed E-state index contributed by atoms with van der Waals surface area (Å²) in [6.45, 7) is 3.79. The van der Waals surface area contributed by atoms with E-state index in [1.54, 1.807) is 18.5 Å². The molecule has 148 valence electrons. The predicted octanol–water partition coefficient (Wildman–Crippen LogP) is 1.65. The molecule has 7 nitrogen and oxygen atoms in total. The van der Waals surface area contributed by atoms with E-state index in [-0.39, 0.29) is 18.0 Å². The number of amides is 1. The Morgan fingerprint density at radius 3 is 2.34 bits per heavy atom. The summed E-state index contributed by atoms with van der Waals surface area (Å²) in [6, 6.07) is 17.1. The summed E-state index contributed by atoms with van der Waals surface area (Å²) in [7, 11) is 0. The van der Waals surface area contributed by atoms with Gasteiger partial charge in [-0.25, -0.2) is 4.68 Å². The Kier molecular flexibility index (Phi) is 5.76. The molecule has 29 heavy (non-hydrogen) atoms. The molecule has 0 radical (unpaired) electrons. The van der Waals surface area contributed by atoms with Crippen LogP contribution < -0.4 is 5.56 Å². The second-order valence-electron chi connectivity index (χ2n) is 7.09. The van der Waals surface area contributed by atoms with Crippen LogP contribution in [0, 0.1) is 0 Å². The highest BCUT2D eigenvalue weighted by atomic mass is 16.2. The topological polar surface area (TPSA) is 71.3 Å². The van der Waals surface area contributed by atoms with Crippen LogP contribution in [0.25, 0.3) is 11.3 Å². The van der Waals surface area contributed by atoms with Crippen molar-refractivity contribution in [1.82, 2.24) is 24.6 Å². The molecule has 0 bridgehead atoms. The molecule has 2 aromatic heterocycles. The average molecular weight is 389 g/mol. The number of hydrogen-bond acceptors (Lipinski definition) is 5. The number of nitrogens with zero attached hydrogens (tertiary/aromatic N) is 5. The highest BCUT2D eigenvalue weighted by Crippen LogP contribution is 2.13. The van der Waals surface area contributed by atoms with Gasteiger partial charge in [0.05, 0.1) is 5.69 Å². The van der Waals surface area contributed by atoms with Crippen molar-refractivity contribution in [1.29, 1.82) is 0 Å². The maximum absolute atomic E-state index is 12.7. The standard InChI is InChI=1S/C22H23N5O2/c28-21-7-6-20(19-8-10-23-11-9-19)24-27(21)17-22(29)26-14-12-25(13-15-26)16-18-4-2-1-3-5-18/h1-11H,12-17H2. The van der Waals surface area contributed by atoms with Gasteiger partial charge in [0.1, 0.15) is 6.54 Å². The molecule has 3 aromatic rings. The SMILES string of the molecule is O=C(Cn1nc(-c2ccncc2)ccc1=O)N1CCN(Cc2ccccc2)CC1. The van der Waals surface area contributed by atoms with E-state index >= 15 is 0 Å². The van der Waals surface area contributed by atoms with Crippen molar-refractivity contribution in [3.8, 4) is 11.3 Å². The average Bonchev–Trinajstić information content (AvgIpc) is 2.77. The minimum absolute atomic E-state index is 0.0452. The van der Waals surface area contributed by atoms with Gasteiger partial charge in [0.25, 0.3) is 5.56 Å². The molecular formula is C22H23N5O2. The lowest BCUT2D eigenvalue weighted by Gasteiger charge is -2.34. The fourth-order valence-electron chi connectivity index (χ4n) is 3.46. The van der Waals surface area contributed by atoms with Crippen molar-refractivity contribution in [2.75, 3.05) is 26.2 Å². The van der Waals surface area contributed by atoms with Gasteiger partial charge in [-0.1, -0.05) is 30.3 Å². The van der Waals surface area contributed by atoms with Crippen LogP contribution in [-0.4, -0.2) is 56.7 Å². The third kappa shape index (κ3) is 4.75. The van der Waals surface area contributed by atoms with Crippen LogP contribution in [0.3, 0.4) is 0 Å². The summed E-state index contributed by atoms with van der Waals surface area (Å²) in [6.07, 6.45) is 3.35. The Hall–Kier alpha value is -3.32. The van der Waals surface area contributed by atoms with Crippen LogP contribution in [-0.2, 0) is 17.9 Å². The zero-order valence-electron chi connectivity index (χ0n) is 16.1. The Balaban J connectivity index is 1.37. The number of piperazine rings is 1. The van der Waals surface area contributed by atoms with Gasteiger partial charge in [-0.05, 0) is 23.8 Å². The molecule has 1 fully saturated rings. The van der Waals surface area contributed by atoms with E-state index in [9.17, 15) is 9.59 Å². The monoisotopic (exact) mass is 389 g/mol. The number of benzene rings is 1. The Morgan fingerprint density at radius 1 is 0.897 bits per heavy atom. The van der Waals surface area contributed by atoms with Crippen LogP contribution in [0.1, 0.15) is 5.56 Å². The Bertz CT molecular complexity index is 1010. The second kappa shape index (κ2) is 8.79. The van der Waals surface area contributed by atoms with Gasteiger partial charge in [-0.15, -0.1) is 0 Å². The van der Waals surface area contributed by atoms with Crippen LogP contribution in [0.2, 0.25) is 0 Å². The van der Waals surface area contributed by atoms with Gasteiger partial charge in [0, 0.05) is 56.7 Å². The molecule has 1 aromatic carbocycles. The molecule has 0 N–H and O–H groups in total. The largest absolute Gasteiger partial charge is 0.339 e. The minimum Gasteiger partial charge on any atom is -0.339 e. The van der Waals surface area contributed by atoms with Crippen molar-refractivity contribution in [3.63, 3.8) is 0 Å². The van der Waals surface area contributed by atoms with E-state index in [2.05, 4.69) is 27.1 Å². The second-order valence-corrected chi connectivity index (χ2v) is 7.09. The van der Waals surface area contributed by atoms with E-state index in [0.29, 0.717) is 18.8 Å². The van der Waals surface area contributed by atoms with Crippen LogP contribution >= 0.6 is 0 Å². The predicted molar refractivity (Wildman–Crippen MR) is 110 cm³/mol. The van der Waals surface area contributed by atoms with Crippen molar-refractivity contribution in [2.45, 2.75) is 13.1 Å². The fourth-order valence-corrected chi connectivity index (χ4v) is 3.46. The maximum Gasteiger partial charge on any atom is 0.267 e. The first-order chi connectivity index (χ1) is 14.2. The van der Waals surface area contributed by atoms with Crippen LogP contribution in [0.5, 0.6) is 0 Å². The van der Waals surface area contributed by atoms with E-state index in [1.165, 1.54) is 16.3 Å². The fraction of sp³-hybridized carbons (Fsp3) is 0.273. The van der Waals surface area contributed by atoms with Gasteiger partial charge in [0.2, 0.25) is 5.91 Å². The van der Waals surface area contributed by atoms with Crippen LogP contribution in [0.4, 0.5) is 0 Å². The number of carbonyl (C=O) groups excluding carboxylic acids is 1. The first kappa shape index (κ1) is 19.0. The Labute approximate surface area is 169 Å². The molecule has 0 spiro atoms. The summed E-state index contributed by atoms with van der Waals surface area (Å²) in [5.74, 6) is -0.0779. The molecule has 1 aliphatic rings. The molecule has 0 saturated carbocycles. The van der Waals surface area contributed by atoms with Gasteiger partial charge in [-0.3, -0.25) is 19.5 Å². The smallest absolute Gasteiger partial charge is 0.267 e. The molecule has 3 heterocycles. The lowest BCUT2D eigenvalue weighted by molar-refractivity contribution is -0.133. The van der Waals surface area contributed by atoms with E-state index in [1.807, 2.05) is 35.2 Å². The van der Waals surface area contributed by atoms with Crippen molar-refractivity contribution < 1.29 is 4.79 Å². The number of hydrogen-bond donors (Lipinski definition) is 0. The third-order valence-corrected chi connectivity index (χ3v) is 5.10. The first-order valence-electron chi connectivity index (χ1n) is 9.72.